The molecule has 22 heavy (non-hydrogen) atoms. The summed E-state index contributed by atoms with van der Waals surface area (Å²) in [6.45, 7) is 8.03. The van der Waals surface area contributed by atoms with Crippen molar-refractivity contribution in [2.75, 3.05) is 0 Å². The van der Waals surface area contributed by atoms with Gasteiger partial charge in [0.2, 0.25) is 5.91 Å². The maximum absolute atomic E-state index is 12.3. The second-order valence-corrected chi connectivity index (χ2v) is 6.93. The number of hydrogen-bond acceptors (Lipinski definition) is 2. The van der Waals surface area contributed by atoms with Gasteiger partial charge in [0.25, 0.3) is 0 Å². The van der Waals surface area contributed by atoms with Crippen LogP contribution in [0.2, 0.25) is 5.02 Å². The summed E-state index contributed by atoms with van der Waals surface area (Å²) in [4.78, 5) is 21.7. The predicted octanol–water partition coefficient (Wildman–Crippen LogP) is 4.64. The molecule has 0 aliphatic heterocycles. The number of nitrogens with one attached hydrogen (secondary N) is 1. The van der Waals surface area contributed by atoms with Gasteiger partial charge in [0.15, 0.2) is 0 Å². The van der Waals surface area contributed by atoms with Crippen molar-refractivity contribution in [1.29, 1.82) is 0 Å². The van der Waals surface area contributed by atoms with Crippen molar-refractivity contribution in [2.45, 2.75) is 39.8 Å². The van der Waals surface area contributed by atoms with Gasteiger partial charge in [-0.15, -0.1) is 0 Å². The SMILES string of the molecule is CC(C)N(C(=O)C=Cc1nc2cc(Br)c(Cl)cc2[nH]1)C(C)C. The van der Waals surface area contributed by atoms with Gasteiger partial charge in [0.05, 0.1) is 16.1 Å². The first kappa shape index (κ1) is 17.0. The molecule has 1 amide bonds. The average Bonchev–Trinajstić information content (AvgIpc) is 2.78. The number of hydrogen-bond donors (Lipinski definition) is 1. The maximum Gasteiger partial charge on any atom is 0.247 e. The summed E-state index contributed by atoms with van der Waals surface area (Å²) in [5.41, 5.74) is 1.64. The Hall–Kier alpha value is -1.33. The third kappa shape index (κ3) is 3.70. The van der Waals surface area contributed by atoms with Crippen LogP contribution in [0.5, 0.6) is 0 Å². The molecule has 0 spiro atoms. The highest BCUT2D eigenvalue weighted by molar-refractivity contribution is 9.10. The monoisotopic (exact) mass is 383 g/mol. The summed E-state index contributed by atoms with van der Waals surface area (Å²) in [6, 6.07) is 3.97. The minimum absolute atomic E-state index is 0.0235. The molecule has 118 valence electrons. The number of halogens is 2. The van der Waals surface area contributed by atoms with E-state index in [9.17, 15) is 4.79 Å². The lowest BCUT2D eigenvalue weighted by molar-refractivity contribution is -0.129. The maximum atomic E-state index is 12.3. The molecule has 4 nitrogen and oxygen atoms in total. The van der Waals surface area contributed by atoms with Gasteiger partial charge in [-0.3, -0.25) is 4.79 Å². The van der Waals surface area contributed by atoms with Crippen molar-refractivity contribution in [1.82, 2.24) is 14.9 Å². The number of imidazole rings is 1. The number of carbonyl (C=O) groups is 1. The van der Waals surface area contributed by atoms with E-state index in [0.29, 0.717) is 10.8 Å². The van der Waals surface area contributed by atoms with E-state index in [1.165, 1.54) is 0 Å². The molecular weight excluding hydrogens is 366 g/mol. The van der Waals surface area contributed by atoms with Crippen molar-refractivity contribution >= 4 is 50.5 Å². The summed E-state index contributed by atoms with van der Waals surface area (Å²) < 4.78 is 0.797. The number of carbonyl (C=O) groups excluding carboxylic acids is 1. The lowest BCUT2D eigenvalue weighted by atomic mass is 10.2. The zero-order valence-electron chi connectivity index (χ0n) is 13.0. The predicted molar refractivity (Wildman–Crippen MR) is 95.0 cm³/mol. The number of nitrogens with zero attached hydrogens (tertiary/aromatic N) is 2. The second-order valence-electron chi connectivity index (χ2n) is 5.67. The topological polar surface area (TPSA) is 49.0 Å². The van der Waals surface area contributed by atoms with E-state index in [1.807, 2.05) is 44.7 Å². The number of fused-ring (bicyclic) bond motifs is 1. The van der Waals surface area contributed by atoms with Gasteiger partial charge in [-0.05, 0) is 61.8 Å². The summed E-state index contributed by atoms with van der Waals surface area (Å²) in [6.07, 6.45) is 3.25. The van der Waals surface area contributed by atoms with Gasteiger partial charge in [0.1, 0.15) is 5.82 Å². The number of amides is 1. The number of rotatable bonds is 4. The fraction of sp³-hybridized carbons (Fsp3) is 0.375. The molecule has 0 radical (unpaired) electrons. The van der Waals surface area contributed by atoms with Gasteiger partial charge in [0, 0.05) is 22.6 Å². The number of aromatic nitrogens is 2. The summed E-state index contributed by atoms with van der Waals surface area (Å²) in [5.74, 6) is 0.606. The minimum Gasteiger partial charge on any atom is -0.338 e. The molecule has 0 aliphatic rings. The first-order valence-electron chi connectivity index (χ1n) is 7.14. The van der Waals surface area contributed by atoms with Crippen LogP contribution in [0.4, 0.5) is 0 Å². The van der Waals surface area contributed by atoms with Crippen molar-refractivity contribution in [3.63, 3.8) is 0 Å². The van der Waals surface area contributed by atoms with Gasteiger partial charge >= 0.3 is 0 Å². The number of aromatic amines is 1. The van der Waals surface area contributed by atoms with Crippen molar-refractivity contribution in [2.24, 2.45) is 0 Å². The van der Waals surface area contributed by atoms with Crippen LogP contribution in [0, 0.1) is 0 Å². The zero-order chi connectivity index (χ0) is 16.4. The Morgan fingerprint density at radius 3 is 2.55 bits per heavy atom. The van der Waals surface area contributed by atoms with E-state index in [4.69, 9.17) is 11.6 Å². The highest BCUT2D eigenvalue weighted by Gasteiger charge is 2.17. The van der Waals surface area contributed by atoms with Crippen LogP contribution in [0.3, 0.4) is 0 Å². The van der Waals surface area contributed by atoms with Gasteiger partial charge < -0.3 is 9.88 Å². The fourth-order valence-corrected chi connectivity index (χ4v) is 2.94. The summed E-state index contributed by atoms with van der Waals surface area (Å²) in [7, 11) is 0. The zero-order valence-corrected chi connectivity index (χ0v) is 15.4. The van der Waals surface area contributed by atoms with Crippen molar-refractivity contribution < 1.29 is 4.79 Å². The first-order chi connectivity index (χ1) is 10.3. The molecule has 2 aromatic rings. The lowest BCUT2D eigenvalue weighted by Gasteiger charge is -2.29. The molecule has 1 N–H and O–H groups in total. The van der Waals surface area contributed by atoms with Crippen LogP contribution < -0.4 is 0 Å². The van der Waals surface area contributed by atoms with E-state index in [2.05, 4.69) is 25.9 Å². The summed E-state index contributed by atoms with van der Waals surface area (Å²) >= 11 is 9.44. The van der Waals surface area contributed by atoms with E-state index in [-0.39, 0.29) is 18.0 Å². The Morgan fingerprint density at radius 1 is 1.32 bits per heavy atom. The van der Waals surface area contributed by atoms with Gasteiger partial charge in [-0.25, -0.2) is 4.98 Å². The van der Waals surface area contributed by atoms with E-state index in [0.717, 1.165) is 15.5 Å². The molecular formula is C16H19BrClN3O. The molecule has 0 aliphatic carbocycles. The van der Waals surface area contributed by atoms with Crippen molar-refractivity contribution in [3.8, 4) is 0 Å². The molecule has 1 aromatic carbocycles. The van der Waals surface area contributed by atoms with Crippen LogP contribution in [0.1, 0.15) is 33.5 Å². The quantitative estimate of drug-likeness (QED) is 0.781. The smallest absolute Gasteiger partial charge is 0.247 e. The minimum atomic E-state index is -0.0235. The Kier molecular flexibility index (Phi) is 5.29. The third-order valence-corrected chi connectivity index (χ3v) is 4.49. The molecule has 0 atom stereocenters. The summed E-state index contributed by atoms with van der Waals surface area (Å²) in [5, 5.41) is 0.619. The van der Waals surface area contributed by atoms with Crippen LogP contribution in [0.25, 0.3) is 17.1 Å². The molecule has 0 unspecified atom stereocenters. The molecule has 0 saturated heterocycles. The highest BCUT2D eigenvalue weighted by Crippen LogP contribution is 2.27. The molecule has 1 heterocycles. The van der Waals surface area contributed by atoms with Gasteiger partial charge in [-0.1, -0.05) is 11.6 Å². The highest BCUT2D eigenvalue weighted by atomic mass is 79.9. The van der Waals surface area contributed by atoms with Crippen LogP contribution in [0.15, 0.2) is 22.7 Å². The standard InChI is InChI=1S/C16H19BrClN3O/c1-9(2)21(10(3)4)16(22)6-5-15-19-13-7-11(17)12(18)8-14(13)20-15/h5-10H,1-4H3,(H,19,20). The Bertz CT molecular complexity index is 674. The third-order valence-electron chi connectivity index (χ3n) is 3.29. The molecule has 6 heteroatoms. The van der Waals surface area contributed by atoms with E-state index < -0.39 is 0 Å². The molecule has 2 rings (SSSR count). The van der Waals surface area contributed by atoms with Gasteiger partial charge in [-0.2, -0.15) is 0 Å². The second kappa shape index (κ2) is 6.84. The van der Waals surface area contributed by atoms with E-state index >= 15 is 0 Å². The Morgan fingerprint density at radius 2 is 1.95 bits per heavy atom. The van der Waals surface area contributed by atoms with Crippen LogP contribution in [-0.4, -0.2) is 32.9 Å². The molecule has 0 bridgehead atoms. The Labute approximate surface area is 143 Å². The van der Waals surface area contributed by atoms with Crippen molar-refractivity contribution in [3.05, 3.63) is 33.5 Å². The fourth-order valence-electron chi connectivity index (χ4n) is 2.45. The first-order valence-corrected chi connectivity index (χ1v) is 8.32. The molecule has 0 fully saturated rings. The Balaban J connectivity index is 2.24. The van der Waals surface area contributed by atoms with E-state index in [1.54, 1.807) is 12.2 Å². The average molecular weight is 385 g/mol. The lowest BCUT2D eigenvalue weighted by Crippen LogP contribution is -2.41. The number of H-pyrrole nitrogens is 1. The largest absolute Gasteiger partial charge is 0.338 e. The number of benzene rings is 1. The van der Waals surface area contributed by atoms with Crippen LogP contribution in [-0.2, 0) is 4.79 Å². The molecule has 0 saturated carbocycles. The van der Waals surface area contributed by atoms with Crippen LogP contribution >= 0.6 is 27.5 Å². The molecule has 1 aromatic heterocycles. The normalized spacial score (nSPS) is 12.0.